The molecule has 120 valence electrons. The van der Waals surface area contributed by atoms with Crippen LogP contribution in [0.25, 0.3) is 0 Å². The van der Waals surface area contributed by atoms with Gasteiger partial charge in [-0.25, -0.2) is 4.79 Å². The van der Waals surface area contributed by atoms with Gasteiger partial charge in [-0.3, -0.25) is 0 Å². The maximum absolute atomic E-state index is 11.8. The number of carbonyl (C=O) groups excluding carboxylic acids is 1. The molecule has 1 heterocycles. The number of hydrogen-bond donors (Lipinski definition) is 1. The van der Waals surface area contributed by atoms with Gasteiger partial charge in [0.05, 0.1) is 25.4 Å². The van der Waals surface area contributed by atoms with E-state index in [1.54, 1.807) is 6.07 Å². The summed E-state index contributed by atoms with van der Waals surface area (Å²) in [5.74, 6) is -0.767. The molecule has 1 aromatic carbocycles. The molecule has 1 aromatic rings. The minimum atomic E-state index is -0.664. The number of benzene rings is 1. The van der Waals surface area contributed by atoms with Crippen molar-refractivity contribution in [2.45, 2.75) is 38.9 Å². The third-order valence-corrected chi connectivity index (χ3v) is 4.25. The number of ether oxygens (including phenoxy) is 2. The molecule has 22 heavy (non-hydrogen) atoms. The predicted molar refractivity (Wildman–Crippen MR) is 81.7 cm³/mol. The number of carbonyl (C=O) groups is 1. The van der Waals surface area contributed by atoms with Crippen molar-refractivity contribution in [1.82, 2.24) is 0 Å². The van der Waals surface area contributed by atoms with E-state index in [0.29, 0.717) is 5.46 Å². The van der Waals surface area contributed by atoms with Crippen molar-refractivity contribution < 1.29 is 28.7 Å². The van der Waals surface area contributed by atoms with E-state index < -0.39 is 24.3 Å². The largest absolute Gasteiger partial charge is 0.504 e. The van der Waals surface area contributed by atoms with Crippen molar-refractivity contribution in [3.05, 3.63) is 17.7 Å². The molecule has 2 rings (SSSR count). The van der Waals surface area contributed by atoms with Crippen LogP contribution < -0.4 is 10.2 Å². The van der Waals surface area contributed by atoms with Crippen molar-refractivity contribution in [1.29, 1.82) is 0 Å². The Morgan fingerprint density at radius 1 is 1.14 bits per heavy atom. The lowest BCUT2D eigenvalue weighted by Gasteiger charge is -2.32. The van der Waals surface area contributed by atoms with Gasteiger partial charge in [-0.15, -0.1) is 0 Å². The molecule has 6 nitrogen and oxygen atoms in total. The monoisotopic (exact) mass is 308 g/mol. The SMILES string of the molecule is COC(=O)c1cc(B2OC(C)(C)C(C)(C)O2)cc(OC)c1O. The number of esters is 1. The zero-order valence-electron chi connectivity index (χ0n) is 13.7. The standard InChI is InChI=1S/C15H21BO6/c1-14(2)15(3,4)22-16(21-14)9-7-10(13(18)20-6)12(17)11(8-9)19-5/h7-8,17H,1-6H3. The van der Waals surface area contributed by atoms with E-state index in [4.69, 9.17) is 14.0 Å². The van der Waals surface area contributed by atoms with Gasteiger partial charge in [-0.2, -0.15) is 0 Å². The third-order valence-electron chi connectivity index (χ3n) is 4.25. The Balaban J connectivity index is 2.47. The summed E-state index contributed by atoms with van der Waals surface area (Å²) in [7, 11) is 1.99. The van der Waals surface area contributed by atoms with Gasteiger partial charge in [0.25, 0.3) is 0 Å². The van der Waals surface area contributed by atoms with Crippen molar-refractivity contribution in [3.63, 3.8) is 0 Å². The Morgan fingerprint density at radius 3 is 2.14 bits per heavy atom. The predicted octanol–water partition coefficient (Wildman–Crippen LogP) is 1.49. The Hall–Kier alpha value is -1.73. The molecule has 1 fully saturated rings. The van der Waals surface area contributed by atoms with Crippen molar-refractivity contribution in [3.8, 4) is 11.5 Å². The van der Waals surface area contributed by atoms with E-state index in [1.807, 2.05) is 27.7 Å². The fourth-order valence-corrected chi connectivity index (χ4v) is 2.17. The number of methoxy groups -OCH3 is 2. The van der Waals surface area contributed by atoms with Crippen LogP contribution in [0.15, 0.2) is 12.1 Å². The summed E-state index contributed by atoms with van der Waals surface area (Å²) >= 11 is 0. The van der Waals surface area contributed by atoms with E-state index >= 15 is 0 Å². The average Bonchev–Trinajstić information content (AvgIpc) is 2.67. The number of hydrogen-bond acceptors (Lipinski definition) is 6. The Morgan fingerprint density at radius 2 is 1.68 bits per heavy atom. The smallest absolute Gasteiger partial charge is 0.494 e. The molecule has 1 N–H and O–H groups in total. The first-order valence-electron chi connectivity index (χ1n) is 6.98. The Labute approximate surface area is 130 Å². The number of phenolic OH excluding ortho intramolecular Hbond substituents is 1. The van der Waals surface area contributed by atoms with Gasteiger partial charge in [0.2, 0.25) is 0 Å². The zero-order chi connectivity index (χ0) is 16.7. The molecular weight excluding hydrogens is 287 g/mol. The highest BCUT2D eigenvalue weighted by Gasteiger charge is 2.52. The van der Waals surface area contributed by atoms with E-state index in [2.05, 4.69) is 4.74 Å². The summed E-state index contributed by atoms with van der Waals surface area (Å²) in [5, 5.41) is 10.1. The van der Waals surface area contributed by atoms with Crippen molar-refractivity contribution in [2.24, 2.45) is 0 Å². The normalized spacial score (nSPS) is 19.1. The molecule has 0 spiro atoms. The first-order chi connectivity index (χ1) is 10.1. The average molecular weight is 308 g/mol. The summed E-state index contributed by atoms with van der Waals surface area (Å²) in [5.41, 5.74) is -0.428. The van der Waals surface area contributed by atoms with Crippen LogP contribution in [0.3, 0.4) is 0 Å². The van der Waals surface area contributed by atoms with Crippen LogP contribution in [0.1, 0.15) is 38.1 Å². The van der Waals surface area contributed by atoms with Gasteiger partial charge in [0, 0.05) is 0 Å². The van der Waals surface area contributed by atoms with E-state index in [9.17, 15) is 9.90 Å². The summed E-state index contributed by atoms with van der Waals surface area (Å²) in [6, 6.07) is 3.08. The summed E-state index contributed by atoms with van der Waals surface area (Å²) in [6.07, 6.45) is 0. The fraction of sp³-hybridized carbons (Fsp3) is 0.533. The Bertz CT molecular complexity index is 580. The first-order valence-corrected chi connectivity index (χ1v) is 6.98. The molecule has 0 aromatic heterocycles. The summed E-state index contributed by atoms with van der Waals surface area (Å²) < 4.78 is 21.7. The highest BCUT2D eigenvalue weighted by molar-refractivity contribution is 6.62. The molecular formula is C15H21BO6. The molecule has 0 radical (unpaired) electrons. The number of aromatic hydroxyl groups is 1. The van der Waals surface area contributed by atoms with Gasteiger partial charge in [-0.05, 0) is 45.3 Å². The minimum Gasteiger partial charge on any atom is -0.504 e. The molecule has 1 aliphatic heterocycles. The molecule has 0 saturated carbocycles. The molecule has 0 atom stereocenters. The van der Waals surface area contributed by atoms with E-state index in [1.165, 1.54) is 20.3 Å². The molecule has 0 aliphatic carbocycles. The molecule has 0 unspecified atom stereocenters. The second-order valence-electron chi connectivity index (χ2n) is 6.20. The zero-order valence-corrected chi connectivity index (χ0v) is 13.7. The fourth-order valence-electron chi connectivity index (χ4n) is 2.17. The highest BCUT2D eigenvalue weighted by Crippen LogP contribution is 2.37. The highest BCUT2D eigenvalue weighted by atomic mass is 16.7. The third kappa shape index (κ3) is 2.66. The molecule has 0 bridgehead atoms. The van der Waals surface area contributed by atoms with Crippen LogP contribution in [-0.2, 0) is 14.0 Å². The van der Waals surface area contributed by atoms with Gasteiger partial charge in [0.15, 0.2) is 11.5 Å². The summed E-state index contributed by atoms with van der Waals surface area (Å²) in [6.45, 7) is 7.75. The molecule has 7 heteroatoms. The number of phenols is 1. The topological polar surface area (TPSA) is 74.2 Å². The molecule has 1 aliphatic rings. The molecule has 0 amide bonds. The molecule has 1 saturated heterocycles. The lowest BCUT2D eigenvalue weighted by atomic mass is 9.78. The van der Waals surface area contributed by atoms with E-state index in [-0.39, 0.29) is 17.1 Å². The lowest BCUT2D eigenvalue weighted by molar-refractivity contribution is 0.00578. The van der Waals surface area contributed by atoms with Crippen molar-refractivity contribution >= 4 is 18.6 Å². The van der Waals surface area contributed by atoms with Gasteiger partial charge < -0.3 is 23.9 Å². The second kappa shape index (κ2) is 5.48. The minimum absolute atomic E-state index is 0.00608. The van der Waals surface area contributed by atoms with Crippen molar-refractivity contribution in [2.75, 3.05) is 14.2 Å². The quantitative estimate of drug-likeness (QED) is 0.673. The van der Waals surface area contributed by atoms with Crippen LogP contribution in [0.4, 0.5) is 0 Å². The number of rotatable bonds is 3. The maximum Gasteiger partial charge on any atom is 0.494 e. The maximum atomic E-state index is 11.8. The lowest BCUT2D eigenvalue weighted by Crippen LogP contribution is -2.41. The van der Waals surface area contributed by atoms with Gasteiger partial charge in [-0.1, -0.05) is 0 Å². The van der Waals surface area contributed by atoms with Crippen LogP contribution in [-0.4, -0.2) is 43.6 Å². The second-order valence-corrected chi connectivity index (χ2v) is 6.20. The summed E-state index contributed by atoms with van der Waals surface area (Å²) in [4.78, 5) is 11.8. The van der Waals surface area contributed by atoms with Crippen LogP contribution in [0.5, 0.6) is 11.5 Å². The Kier molecular flexibility index (Phi) is 4.15. The van der Waals surface area contributed by atoms with Gasteiger partial charge >= 0.3 is 13.1 Å². The van der Waals surface area contributed by atoms with Crippen LogP contribution in [0, 0.1) is 0 Å². The van der Waals surface area contributed by atoms with Crippen LogP contribution in [0.2, 0.25) is 0 Å². The van der Waals surface area contributed by atoms with Crippen LogP contribution >= 0.6 is 0 Å². The first kappa shape index (κ1) is 16.6. The van der Waals surface area contributed by atoms with Gasteiger partial charge in [0.1, 0.15) is 5.56 Å². The van der Waals surface area contributed by atoms with E-state index in [0.717, 1.165) is 0 Å².